The van der Waals surface area contributed by atoms with Crippen LogP contribution in [0.15, 0.2) is 22.7 Å². The molecule has 138 valence electrons. The molecule has 26 heavy (non-hydrogen) atoms. The van der Waals surface area contributed by atoms with Crippen LogP contribution in [0.4, 0.5) is 0 Å². The van der Waals surface area contributed by atoms with E-state index in [0.717, 1.165) is 37.2 Å². The van der Waals surface area contributed by atoms with Crippen LogP contribution in [0.3, 0.4) is 0 Å². The zero-order valence-electron chi connectivity index (χ0n) is 14.3. The fourth-order valence-corrected chi connectivity index (χ4v) is 6.60. The lowest BCUT2D eigenvalue weighted by molar-refractivity contribution is -0.128. The summed E-state index contributed by atoms with van der Waals surface area (Å²) in [4.78, 5) is 20.9. The number of sulfone groups is 1. The van der Waals surface area contributed by atoms with Gasteiger partial charge in [0.2, 0.25) is 5.91 Å². The minimum absolute atomic E-state index is 0.00449. The normalized spacial score (nSPS) is 35.2. The van der Waals surface area contributed by atoms with Crippen molar-refractivity contribution in [2.45, 2.75) is 44.1 Å². The average molecular weight is 375 g/mol. The van der Waals surface area contributed by atoms with Crippen molar-refractivity contribution < 1.29 is 17.6 Å². The molecule has 5 rings (SSSR count). The van der Waals surface area contributed by atoms with E-state index in [9.17, 15) is 13.2 Å². The van der Waals surface area contributed by atoms with Gasteiger partial charge in [-0.2, -0.15) is 4.98 Å². The van der Waals surface area contributed by atoms with Gasteiger partial charge in [0.15, 0.2) is 27.0 Å². The number of carbonyl (C=O) groups is 1. The molecule has 2 aliphatic carbocycles. The first-order valence-electron chi connectivity index (χ1n) is 9.14. The van der Waals surface area contributed by atoms with Crippen LogP contribution in [-0.2, 0) is 14.6 Å². The fourth-order valence-electron chi connectivity index (χ4n) is 4.86. The maximum absolute atomic E-state index is 12.2. The van der Waals surface area contributed by atoms with Gasteiger partial charge in [0.25, 0.3) is 0 Å². The van der Waals surface area contributed by atoms with Gasteiger partial charge in [-0.1, -0.05) is 0 Å². The van der Waals surface area contributed by atoms with E-state index in [4.69, 9.17) is 4.42 Å². The number of carbonyl (C=O) groups excluding carboxylic acids is 1. The molecule has 3 heterocycles. The molecule has 2 saturated carbocycles. The maximum Gasteiger partial charge on any atom is 0.224 e. The molecule has 1 saturated heterocycles. The summed E-state index contributed by atoms with van der Waals surface area (Å²) >= 11 is 0. The van der Waals surface area contributed by atoms with Crippen LogP contribution in [0.25, 0.3) is 11.2 Å². The van der Waals surface area contributed by atoms with E-state index in [1.165, 1.54) is 0 Å². The summed E-state index contributed by atoms with van der Waals surface area (Å²) in [5.74, 6) is 0.796. The molecule has 0 bridgehead atoms. The van der Waals surface area contributed by atoms with Crippen molar-refractivity contribution in [1.29, 1.82) is 0 Å². The zero-order valence-corrected chi connectivity index (χ0v) is 15.2. The average Bonchev–Trinajstić information content (AvgIpc) is 3.10. The van der Waals surface area contributed by atoms with Gasteiger partial charge in [-0.05, 0) is 49.7 Å². The Bertz CT molecular complexity index is 936. The van der Waals surface area contributed by atoms with E-state index < -0.39 is 9.84 Å². The summed E-state index contributed by atoms with van der Waals surface area (Å²) in [5, 5.41) is 3.04. The van der Waals surface area contributed by atoms with Crippen LogP contribution in [0.5, 0.6) is 0 Å². The number of rotatable bonds is 3. The maximum atomic E-state index is 12.2. The summed E-state index contributed by atoms with van der Waals surface area (Å²) < 4.78 is 28.8. The molecule has 1 unspecified atom stereocenters. The highest BCUT2D eigenvalue weighted by Crippen LogP contribution is 2.61. The van der Waals surface area contributed by atoms with Crippen molar-refractivity contribution in [3.63, 3.8) is 0 Å². The predicted molar refractivity (Wildman–Crippen MR) is 94.1 cm³/mol. The summed E-state index contributed by atoms with van der Waals surface area (Å²) in [5.41, 5.74) is 1.68. The summed E-state index contributed by atoms with van der Waals surface area (Å²) in [6, 6.07) is 3.90. The smallest absolute Gasteiger partial charge is 0.224 e. The second-order valence-corrected chi connectivity index (χ2v) is 10.4. The first kappa shape index (κ1) is 16.2. The topological polar surface area (TPSA) is 102 Å². The Balaban J connectivity index is 1.14. The van der Waals surface area contributed by atoms with E-state index in [1.54, 1.807) is 6.20 Å². The van der Waals surface area contributed by atoms with Crippen LogP contribution in [-0.4, -0.2) is 41.8 Å². The van der Waals surface area contributed by atoms with Crippen LogP contribution < -0.4 is 5.32 Å². The molecule has 0 radical (unpaired) electrons. The Hall–Kier alpha value is -1.96. The van der Waals surface area contributed by atoms with Crippen LogP contribution in [0, 0.1) is 11.3 Å². The third-order valence-electron chi connectivity index (χ3n) is 6.20. The van der Waals surface area contributed by atoms with Gasteiger partial charge in [0.05, 0.1) is 17.4 Å². The largest absolute Gasteiger partial charge is 0.439 e. The molecule has 1 N–H and O–H groups in total. The third kappa shape index (κ3) is 2.71. The number of nitrogens with zero attached hydrogens (tertiary/aromatic N) is 2. The van der Waals surface area contributed by atoms with Crippen molar-refractivity contribution in [3.05, 3.63) is 24.2 Å². The molecule has 2 aromatic heterocycles. The molecule has 2 aromatic rings. The SMILES string of the molecule is O=C(NC1CC2(C1)CC(c1nc3ncccc3o1)C2)C1CCS(=O)(=O)C1. The predicted octanol–water partition coefficient (Wildman–Crippen LogP) is 1.80. The van der Waals surface area contributed by atoms with Gasteiger partial charge >= 0.3 is 0 Å². The highest BCUT2D eigenvalue weighted by Gasteiger charge is 2.55. The summed E-state index contributed by atoms with van der Waals surface area (Å²) in [6.07, 6.45) is 6.17. The van der Waals surface area contributed by atoms with E-state index in [2.05, 4.69) is 15.3 Å². The van der Waals surface area contributed by atoms with Gasteiger partial charge in [-0.25, -0.2) is 13.4 Å². The number of nitrogens with one attached hydrogen (secondary N) is 1. The van der Waals surface area contributed by atoms with Gasteiger partial charge in [-0.3, -0.25) is 4.79 Å². The first-order valence-corrected chi connectivity index (χ1v) is 11.0. The highest BCUT2D eigenvalue weighted by atomic mass is 32.2. The molecule has 3 aliphatic rings. The van der Waals surface area contributed by atoms with Crippen molar-refractivity contribution >= 4 is 27.0 Å². The summed E-state index contributed by atoms with van der Waals surface area (Å²) in [7, 11) is -3.01. The van der Waals surface area contributed by atoms with E-state index in [1.807, 2.05) is 12.1 Å². The fraction of sp³-hybridized carbons (Fsp3) is 0.611. The lowest BCUT2D eigenvalue weighted by Crippen LogP contribution is -2.56. The number of hydrogen-bond acceptors (Lipinski definition) is 6. The third-order valence-corrected chi connectivity index (χ3v) is 7.97. The molecular formula is C18H21N3O4S. The number of pyridine rings is 1. The number of aromatic nitrogens is 2. The van der Waals surface area contributed by atoms with Gasteiger partial charge in [0.1, 0.15) is 0 Å². The molecule has 7 nitrogen and oxygen atoms in total. The van der Waals surface area contributed by atoms with Crippen LogP contribution >= 0.6 is 0 Å². The highest BCUT2D eigenvalue weighted by molar-refractivity contribution is 7.91. The van der Waals surface area contributed by atoms with Crippen molar-refractivity contribution in [1.82, 2.24) is 15.3 Å². The Morgan fingerprint density at radius 2 is 2.08 bits per heavy atom. The quantitative estimate of drug-likeness (QED) is 0.878. The second-order valence-electron chi connectivity index (χ2n) is 8.20. The van der Waals surface area contributed by atoms with Gasteiger partial charge in [0, 0.05) is 18.2 Å². The summed E-state index contributed by atoms with van der Waals surface area (Å²) in [6.45, 7) is 0. The zero-order chi connectivity index (χ0) is 17.9. The minimum Gasteiger partial charge on any atom is -0.439 e. The molecule has 1 atom stereocenters. The minimum atomic E-state index is -3.01. The molecule has 1 spiro atoms. The number of oxazole rings is 1. The van der Waals surface area contributed by atoms with Gasteiger partial charge < -0.3 is 9.73 Å². The molecule has 3 fully saturated rings. The van der Waals surface area contributed by atoms with Crippen LogP contribution in [0.1, 0.15) is 43.9 Å². The monoisotopic (exact) mass is 375 g/mol. The Morgan fingerprint density at radius 1 is 1.27 bits per heavy atom. The van der Waals surface area contributed by atoms with Gasteiger partial charge in [-0.15, -0.1) is 0 Å². The molecular weight excluding hydrogens is 354 g/mol. The number of fused-ring (bicyclic) bond motifs is 1. The standard InChI is InChI=1S/C18H21N3O4S/c22-16(11-3-5-26(23,24)10-11)20-13-8-18(9-13)6-12(7-18)17-21-15-14(25-17)2-1-4-19-15/h1-2,4,11-13H,3,5-10H2,(H,20,22). The van der Waals surface area contributed by atoms with E-state index in [0.29, 0.717) is 23.4 Å². The second kappa shape index (κ2) is 5.52. The Labute approximate surface area is 151 Å². The first-order chi connectivity index (χ1) is 12.4. The van der Waals surface area contributed by atoms with Crippen molar-refractivity contribution in [2.24, 2.45) is 11.3 Å². The Morgan fingerprint density at radius 3 is 2.77 bits per heavy atom. The lowest BCUT2D eigenvalue weighted by Gasteiger charge is -2.57. The van der Waals surface area contributed by atoms with Crippen molar-refractivity contribution in [2.75, 3.05) is 11.5 Å². The van der Waals surface area contributed by atoms with E-state index in [-0.39, 0.29) is 29.4 Å². The number of hydrogen-bond donors (Lipinski definition) is 1. The molecule has 0 aromatic carbocycles. The molecule has 1 amide bonds. The van der Waals surface area contributed by atoms with Crippen LogP contribution in [0.2, 0.25) is 0 Å². The lowest BCUT2D eigenvalue weighted by atomic mass is 9.50. The molecule has 1 aliphatic heterocycles. The molecule has 8 heteroatoms. The number of amides is 1. The Kier molecular flexibility index (Phi) is 3.44. The van der Waals surface area contributed by atoms with Crippen molar-refractivity contribution in [3.8, 4) is 0 Å². The van der Waals surface area contributed by atoms with E-state index >= 15 is 0 Å².